The van der Waals surface area contributed by atoms with E-state index in [1.54, 1.807) is 12.1 Å². The smallest absolute Gasteiger partial charge is 0.159 e. The lowest BCUT2D eigenvalue weighted by atomic mass is 10.2. The monoisotopic (exact) mass is 162 g/mol. The lowest BCUT2D eigenvalue weighted by Crippen LogP contribution is -1.92. The highest BCUT2D eigenvalue weighted by atomic mass is 19.1. The fourth-order valence-electron chi connectivity index (χ4n) is 0.827. The van der Waals surface area contributed by atoms with Gasteiger partial charge in [0.05, 0.1) is 11.8 Å². The number of rotatable bonds is 2. The topological polar surface area (TPSA) is 36.7 Å². The zero-order valence-corrected chi connectivity index (χ0v) is 6.42. The fraction of sp³-hybridized carbons (Fsp3) is 0.111. The molecule has 0 atom stereocenters. The third-order valence-corrected chi connectivity index (χ3v) is 1.39. The summed E-state index contributed by atoms with van der Waals surface area (Å²) >= 11 is 0. The molecule has 0 saturated carbocycles. The summed E-state index contributed by atoms with van der Waals surface area (Å²) in [6.45, 7) is 3.52. The van der Waals surface area contributed by atoms with E-state index in [-0.39, 0.29) is 5.56 Å². The molecule has 0 radical (unpaired) electrons. The summed E-state index contributed by atoms with van der Waals surface area (Å²) in [6.07, 6.45) is 3.26. The Balaban J connectivity index is 3.07. The number of aromatic nitrogens is 1. The molecule has 0 aliphatic carbocycles. The molecule has 1 heterocycles. The van der Waals surface area contributed by atoms with Crippen LogP contribution >= 0.6 is 0 Å². The van der Waals surface area contributed by atoms with E-state index in [0.29, 0.717) is 12.1 Å². The van der Waals surface area contributed by atoms with E-state index in [4.69, 9.17) is 5.26 Å². The Morgan fingerprint density at radius 2 is 2.50 bits per heavy atom. The maximum Gasteiger partial charge on any atom is 0.159 e. The molecule has 0 aromatic carbocycles. The average Bonchev–Trinajstić information content (AvgIpc) is 2.09. The van der Waals surface area contributed by atoms with Gasteiger partial charge in [-0.05, 0) is 6.07 Å². The molecule has 1 aromatic heterocycles. The van der Waals surface area contributed by atoms with Crippen LogP contribution in [0.5, 0.6) is 0 Å². The van der Waals surface area contributed by atoms with Crippen LogP contribution in [0.4, 0.5) is 4.39 Å². The number of halogens is 1. The minimum atomic E-state index is -0.578. The van der Waals surface area contributed by atoms with Crippen LogP contribution in [0.2, 0.25) is 0 Å². The maximum absolute atomic E-state index is 12.7. The van der Waals surface area contributed by atoms with Gasteiger partial charge in [-0.25, -0.2) is 4.39 Å². The van der Waals surface area contributed by atoms with Crippen molar-refractivity contribution in [3.63, 3.8) is 0 Å². The highest BCUT2D eigenvalue weighted by Crippen LogP contribution is 2.06. The SMILES string of the molecule is C=CCc1cc(C#N)c(F)cn1. The van der Waals surface area contributed by atoms with Gasteiger partial charge in [-0.3, -0.25) is 4.98 Å². The van der Waals surface area contributed by atoms with Gasteiger partial charge in [0.25, 0.3) is 0 Å². The molecule has 3 heteroatoms. The summed E-state index contributed by atoms with van der Waals surface area (Å²) in [5.74, 6) is -0.578. The summed E-state index contributed by atoms with van der Waals surface area (Å²) in [4.78, 5) is 3.78. The van der Waals surface area contributed by atoms with E-state index < -0.39 is 5.82 Å². The Hall–Kier alpha value is -1.69. The van der Waals surface area contributed by atoms with Crippen molar-refractivity contribution in [2.75, 3.05) is 0 Å². The van der Waals surface area contributed by atoms with Crippen LogP contribution < -0.4 is 0 Å². The van der Waals surface area contributed by atoms with Crippen LogP contribution in [0.3, 0.4) is 0 Å². The Kier molecular flexibility index (Phi) is 2.54. The molecular weight excluding hydrogens is 155 g/mol. The van der Waals surface area contributed by atoms with Gasteiger partial charge in [0.15, 0.2) is 5.82 Å². The Labute approximate surface area is 70.0 Å². The predicted molar refractivity (Wildman–Crippen MR) is 42.8 cm³/mol. The van der Waals surface area contributed by atoms with Gasteiger partial charge < -0.3 is 0 Å². The van der Waals surface area contributed by atoms with Gasteiger partial charge in [-0.15, -0.1) is 6.58 Å². The summed E-state index contributed by atoms with van der Waals surface area (Å²) < 4.78 is 12.7. The molecule has 0 N–H and O–H groups in total. The van der Waals surface area contributed by atoms with Crippen molar-refractivity contribution in [3.05, 3.63) is 42.0 Å². The molecule has 1 rings (SSSR count). The minimum Gasteiger partial charge on any atom is -0.258 e. The van der Waals surface area contributed by atoms with E-state index in [2.05, 4.69) is 11.6 Å². The van der Waals surface area contributed by atoms with Crippen LogP contribution in [-0.2, 0) is 6.42 Å². The van der Waals surface area contributed by atoms with E-state index in [9.17, 15) is 4.39 Å². The molecule has 12 heavy (non-hydrogen) atoms. The third kappa shape index (κ3) is 1.67. The van der Waals surface area contributed by atoms with Crippen molar-refractivity contribution >= 4 is 0 Å². The van der Waals surface area contributed by atoms with Crippen LogP contribution in [0, 0.1) is 17.1 Å². The molecule has 0 bridgehead atoms. The van der Waals surface area contributed by atoms with Crippen molar-refractivity contribution in [3.8, 4) is 6.07 Å². The fourth-order valence-corrected chi connectivity index (χ4v) is 0.827. The second kappa shape index (κ2) is 3.63. The largest absolute Gasteiger partial charge is 0.258 e. The van der Waals surface area contributed by atoms with Crippen LogP contribution in [0.25, 0.3) is 0 Å². The van der Waals surface area contributed by atoms with Crippen molar-refractivity contribution in [2.24, 2.45) is 0 Å². The molecule has 60 valence electrons. The highest BCUT2D eigenvalue weighted by molar-refractivity contribution is 5.30. The van der Waals surface area contributed by atoms with Crippen molar-refractivity contribution in [1.82, 2.24) is 4.98 Å². The summed E-state index contributed by atoms with van der Waals surface area (Å²) in [5.41, 5.74) is 0.685. The second-order valence-corrected chi connectivity index (χ2v) is 2.26. The normalized spacial score (nSPS) is 9.00. The predicted octanol–water partition coefficient (Wildman–Crippen LogP) is 1.82. The maximum atomic E-state index is 12.7. The minimum absolute atomic E-state index is 0.0295. The van der Waals surface area contributed by atoms with Gasteiger partial charge in [-0.2, -0.15) is 5.26 Å². The zero-order valence-electron chi connectivity index (χ0n) is 6.42. The number of pyridine rings is 1. The molecule has 0 aliphatic rings. The van der Waals surface area contributed by atoms with E-state index in [1.807, 2.05) is 0 Å². The van der Waals surface area contributed by atoms with Crippen molar-refractivity contribution in [2.45, 2.75) is 6.42 Å². The van der Waals surface area contributed by atoms with Crippen molar-refractivity contribution < 1.29 is 4.39 Å². The van der Waals surface area contributed by atoms with Crippen LogP contribution in [0.15, 0.2) is 24.9 Å². The van der Waals surface area contributed by atoms with Crippen LogP contribution in [0.1, 0.15) is 11.3 Å². The molecule has 0 aliphatic heterocycles. The highest BCUT2D eigenvalue weighted by Gasteiger charge is 2.01. The summed E-state index contributed by atoms with van der Waals surface area (Å²) in [5, 5.41) is 8.47. The van der Waals surface area contributed by atoms with Gasteiger partial charge in [-0.1, -0.05) is 6.08 Å². The Morgan fingerprint density at radius 1 is 1.75 bits per heavy atom. The second-order valence-electron chi connectivity index (χ2n) is 2.26. The zero-order chi connectivity index (χ0) is 8.97. The lowest BCUT2D eigenvalue weighted by Gasteiger charge is -1.96. The van der Waals surface area contributed by atoms with Gasteiger partial charge in [0.2, 0.25) is 0 Å². The number of nitriles is 1. The van der Waals surface area contributed by atoms with Gasteiger partial charge in [0, 0.05) is 12.1 Å². The molecule has 0 unspecified atom stereocenters. The first-order valence-electron chi connectivity index (χ1n) is 3.43. The Morgan fingerprint density at radius 3 is 3.08 bits per heavy atom. The van der Waals surface area contributed by atoms with E-state index in [0.717, 1.165) is 6.20 Å². The number of allylic oxidation sites excluding steroid dienone is 1. The van der Waals surface area contributed by atoms with Gasteiger partial charge >= 0.3 is 0 Å². The molecule has 0 amide bonds. The van der Waals surface area contributed by atoms with E-state index >= 15 is 0 Å². The van der Waals surface area contributed by atoms with Crippen molar-refractivity contribution in [1.29, 1.82) is 5.26 Å². The lowest BCUT2D eigenvalue weighted by molar-refractivity contribution is 0.615. The summed E-state index contributed by atoms with van der Waals surface area (Å²) in [6, 6.07) is 3.17. The molecule has 2 nitrogen and oxygen atoms in total. The Bertz CT molecular complexity index is 339. The number of hydrogen-bond donors (Lipinski definition) is 0. The molecule has 0 fully saturated rings. The molecule has 1 aromatic rings. The number of nitrogens with zero attached hydrogens (tertiary/aromatic N) is 2. The average molecular weight is 162 g/mol. The standard InChI is InChI=1S/C9H7FN2/c1-2-3-8-4-7(5-11)9(10)6-12-8/h2,4,6H,1,3H2. The number of hydrogen-bond acceptors (Lipinski definition) is 2. The molecular formula is C9H7FN2. The third-order valence-electron chi connectivity index (χ3n) is 1.39. The van der Waals surface area contributed by atoms with Gasteiger partial charge in [0.1, 0.15) is 6.07 Å². The first-order valence-corrected chi connectivity index (χ1v) is 3.43. The quantitative estimate of drug-likeness (QED) is 0.622. The molecule has 0 spiro atoms. The van der Waals surface area contributed by atoms with E-state index in [1.165, 1.54) is 6.07 Å². The van der Waals surface area contributed by atoms with Crippen LogP contribution in [-0.4, -0.2) is 4.98 Å². The summed E-state index contributed by atoms with van der Waals surface area (Å²) in [7, 11) is 0. The molecule has 0 saturated heterocycles. The first-order chi connectivity index (χ1) is 5.77. The first kappa shape index (κ1) is 8.41.